The Morgan fingerprint density at radius 1 is 1.38 bits per heavy atom. The highest BCUT2D eigenvalue weighted by Crippen LogP contribution is 2.28. The molecule has 2 aromatic rings. The number of anilines is 1. The zero-order valence-corrected chi connectivity index (χ0v) is 17.1. The maximum absolute atomic E-state index is 12.5. The average molecular weight is 421 g/mol. The minimum atomic E-state index is -0.0445. The molecule has 0 radical (unpaired) electrons. The number of aryl methyl sites for hydroxylation is 2. The molecule has 1 atom stereocenters. The standard InChI is InChI=1S/C17H22ClN5O.2ClH/c1-12-9-16(22(2)21-12)20-17(24)11-23-8-7-19-10-15(23)13-5-3-4-6-14(13)18;;/h3-6,9,15,19H,7-8,10-11H2,1-2H3,(H,20,24);2*1H. The molecule has 0 spiro atoms. The number of carbonyl (C=O) groups is 1. The predicted octanol–water partition coefficient (Wildman–Crippen LogP) is 2.81. The van der Waals surface area contributed by atoms with Gasteiger partial charge in [0.05, 0.1) is 12.2 Å². The molecule has 1 amide bonds. The van der Waals surface area contributed by atoms with Crippen LogP contribution in [0.4, 0.5) is 5.82 Å². The minimum absolute atomic E-state index is 0. The molecule has 1 aliphatic heterocycles. The SMILES string of the molecule is Cc1cc(NC(=O)CN2CCNCC2c2ccccc2Cl)n(C)n1.Cl.Cl. The van der Waals surface area contributed by atoms with Gasteiger partial charge in [-0.15, -0.1) is 24.8 Å². The third kappa shape index (κ3) is 5.34. The Kier molecular flexibility index (Phi) is 8.86. The number of benzene rings is 1. The van der Waals surface area contributed by atoms with Gasteiger partial charge in [0.25, 0.3) is 0 Å². The Balaban J connectivity index is 0.00000169. The number of hydrogen-bond acceptors (Lipinski definition) is 4. The van der Waals surface area contributed by atoms with Crippen LogP contribution >= 0.6 is 36.4 Å². The summed E-state index contributed by atoms with van der Waals surface area (Å²) in [7, 11) is 1.82. The lowest BCUT2D eigenvalue weighted by Crippen LogP contribution is -2.48. The first kappa shape index (κ1) is 22.7. The van der Waals surface area contributed by atoms with Crippen LogP contribution in [-0.2, 0) is 11.8 Å². The molecule has 0 bridgehead atoms. The second kappa shape index (κ2) is 10.1. The van der Waals surface area contributed by atoms with Gasteiger partial charge in [-0.05, 0) is 18.6 Å². The summed E-state index contributed by atoms with van der Waals surface area (Å²) >= 11 is 6.35. The van der Waals surface area contributed by atoms with Crippen LogP contribution in [0.1, 0.15) is 17.3 Å². The van der Waals surface area contributed by atoms with Crippen molar-refractivity contribution >= 4 is 48.1 Å². The summed E-state index contributed by atoms with van der Waals surface area (Å²) in [4.78, 5) is 14.6. The van der Waals surface area contributed by atoms with Gasteiger partial charge in [-0.25, -0.2) is 0 Å². The van der Waals surface area contributed by atoms with Crippen molar-refractivity contribution in [1.82, 2.24) is 20.0 Å². The molecule has 1 unspecified atom stereocenters. The van der Waals surface area contributed by atoms with E-state index >= 15 is 0 Å². The lowest BCUT2D eigenvalue weighted by molar-refractivity contribution is -0.118. The average Bonchev–Trinajstić information content (AvgIpc) is 2.86. The van der Waals surface area contributed by atoms with E-state index in [2.05, 4.69) is 20.6 Å². The van der Waals surface area contributed by atoms with E-state index in [0.29, 0.717) is 12.4 Å². The van der Waals surface area contributed by atoms with Crippen LogP contribution in [0, 0.1) is 6.92 Å². The molecule has 1 fully saturated rings. The van der Waals surface area contributed by atoms with Crippen molar-refractivity contribution in [3.63, 3.8) is 0 Å². The van der Waals surface area contributed by atoms with Crippen molar-refractivity contribution < 1.29 is 4.79 Å². The summed E-state index contributed by atoms with van der Waals surface area (Å²) in [6.07, 6.45) is 0. The van der Waals surface area contributed by atoms with E-state index in [9.17, 15) is 4.79 Å². The van der Waals surface area contributed by atoms with Crippen molar-refractivity contribution in [1.29, 1.82) is 0 Å². The molecule has 1 aromatic heterocycles. The first-order valence-corrected chi connectivity index (χ1v) is 8.42. The van der Waals surface area contributed by atoms with Gasteiger partial charge in [0.1, 0.15) is 5.82 Å². The van der Waals surface area contributed by atoms with Crippen LogP contribution in [0.5, 0.6) is 0 Å². The number of piperazine rings is 1. The maximum Gasteiger partial charge on any atom is 0.239 e. The summed E-state index contributed by atoms with van der Waals surface area (Å²) in [5, 5.41) is 11.3. The molecule has 1 aliphatic rings. The molecule has 0 aliphatic carbocycles. The highest BCUT2D eigenvalue weighted by molar-refractivity contribution is 6.31. The molecule has 0 saturated carbocycles. The Labute approximate surface area is 171 Å². The van der Waals surface area contributed by atoms with Crippen molar-refractivity contribution in [2.45, 2.75) is 13.0 Å². The van der Waals surface area contributed by atoms with Gasteiger partial charge in [0.2, 0.25) is 5.91 Å². The maximum atomic E-state index is 12.5. The third-order valence-corrected chi connectivity index (χ3v) is 4.58. The summed E-state index contributed by atoms with van der Waals surface area (Å²) < 4.78 is 1.68. The quantitative estimate of drug-likeness (QED) is 0.798. The summed E-state index contributed by atoms with van der Waals surface area (Å²) in [5.41, 5.74) is 1.93. The fourth-order valence-electron chi connectivity index (χ4n) is 3.08. The van der Waals surface area contributed by atoms with Crippen LogP contribution in [0.3, 0.4) is 0 Å². The van der Waals surface area contributed by atoms with Gasteiger partial charge in [-0.3, -0.25) is 14.4 Å². The highest BCUT2D eigenvalue weighted by atomic mass is 35.5. The number of halogens is 3. The highest BCUT2D eigenvalue weighted by Gasteiger charge is 2.27. The number of aromatic nitrogens is 2. The van der Waals surface area contributed by atoms with E-state index in [1.54, 1.807) is 4.68 Å². The van der Waals surface area contributed by atoms with E-state index in [1.807, 2.05) is 44.3 Å². The number of nitrogens with one attached hydrogen (secondary N) is 2. The zero-order chi connectivity index (χ0) is 17.1. The smallest absolute Gasteiger partial charge is 0.239 e. The van der Waals surface area contributed by atoms with Crippen LogP contribution in [0.15, 0.2) is 30.3 Å². The second-order valence-corrected chi connectivity index (χ2v) is 6.46. The number of hydrogen-bond donors (Lipinski definition) is 2. The normalized spacial score (nSPS) is 17.1. The van der Waals surface area contributed by atoms with Crippen molar-refractivity contribution in [2.75, 3.05) is 31.5 Å². The van der Waals surface area contributed by atoms with E-state index in [4.69, 9.17) is 11.6 Å². The van der Waals surface area contributed by atoms with Gasteiger partial charge < -0.3 is 10.6 Å². The molecule has 26 heavy (non-hydrogen) atoms. The molecule has 2 N–H and O–H groups in total. The molecule has 1 saturated heterocycles. The minimum Gasteiger partial charge on any atom is -0.314 e. The molecule has 144 valence electrons. The summed E-state index contributed by atoms with van der Waals surface area (Å²) in [6.45, 7) is 4.66. The largest absolute Gasteiger partial charge is 0.314 e. The molecule has 6 nitrogen and oxygen atoms in total. The van der Waals surface area contributed by atoms with Gasteiger partial charge in [0, 0.05) is 43.8 Å². The molecule has 9 heteroatoms. The van der Waals surface area contributed by atoms with Gasteiger partial charge in [0.15, 0.2) is 0 Å². The monoisotopic (exact) mass is 419 g/mol. The van der Waals surface area contributed by atoms with Crippen molar-refractivity contribution in [3.8, 4) is 0 Å². The third-order valence-electron chi connectivity index (χ3n) is 4.23. The summed E-state index contributed by atoms with van der Waals surface area (Å²) in [6, 6.07) is 9.77. The van der Waals surface area contributed by atoms with Crippen LogP contribution in [-0.4, -0.2) is 46.8 Å². The fraction of sp³-hybridized carbons (Fsp3) is 0.412. The fourth-order valence-corrected chi connectivity index (χ4v) is 3.34. The number of nitrogens with zero attached hydrogens (tertiary/aromatic N) is 3. The topological polar surface area (TPSA) is 62.2 Å². The molecular formula is C17H24Cl3N5O. The van der Waals surface area contributed by atoms with Crippen molar-refractivity contribution in [3.05, 3.63) is 46.6 Å². The van der Waals surface area contributed by atoms with Gasteiger partial charge in [-0.2, -0.15) is 5.10 Å². The lowest BCUT2D eigenvalue weighted by Gasteiger charge is -2.36. The molecule has 1 aromatic carbocycles. The first-order chi connectivity index (χ1) is 11.5. The second-order valence-electron chi connectivity index (χ2n) is 6.05. The van der Waals surface area contributed by atoms with E-state index < -0.39 is 0 Å². The molecular weight excluding hydrogens is 397 g/mol. The van der Waals surface area contributed by atoms with Crippen LogP contribution in [0.2, 0.25) is 5.02 Å². The van der Waals surface area contributed by atoms with Gasteiger partial charge in [-0.1, -0.05) is 29.8 Å². The zero-order valence-electron chi connectivity index (χ0n) is 14.7. The van der Waals surface area contributed by atoms with Crippen LogP contribution < -0.4 is 10.6 Å². The summed E-state index contributed by atoms with van der Waals surface area (Å²) in [5.74, 6) is 0.666. The number of carbonyl (C=O) groups excluding carboxylic acids is 1. The Hall–Kier alpha value is -1.31. The van der Waals surface area contributed by atoms with E-state index in [1.165, 1.54) is 0 Å². The van der Waals surface area contributed by atoms with E-state index in [0.717, 1.165) is 35.9 Å². The van der Waals surface area contributed by atoms with Crippen LogP contribution in [0.25, 0.3) is 0 Å². The Morgan fingerprint density at radius 2 is 2.12 bits per heavy atom. The van der Waals surface area contributed by atoms with Crippen molar-refractivity contribution in [2.24, 2.45) is 7.05 Å². The van der Waals surface area contributed by atoms with E-state index in [-0.39, 0.29) is 36.8 Å². The number of amides is 1. The Bertz CT molecular complexity index is 737. The van der Waals surface area contributed by atoms with Gasteiger partial charge >= 0.3 is 0 Å². The first-order valence-electron chi connectivity index (χ1n) is 8.04. The number of rotatable bonds is 4. The molecule has 2 heterocycles. The Morgan fingerprint density at radius 3 is 2.77 bits per heavy atom. The lowest BCUT2D eigenvalue weighted by atomic mass is 10.0. The predicted molar refractivity (Wildman–Crippen MR) is 110 cm³/mol. The molecule has 3 rings (SSSR count).